The number of hydrogen-bond donors (Lipinski definition) is 7. The topological polar surface area (TPSA) is 208 Å². The number of hydrogen-bond acceptors (Lipinski definition) is 7. The van der Waals surface area contributed by atoms with Gasteiger partial charge in [0.1, 0.15) is 18.1 Å². The van der Waals surface area contributed by atoms with Gasteiger partial charge in [0.25, 0.3) is 0 Å². The quantitative estimate of drug-likeness (QED) is 0.159. The van der Waals surface area contributed by atoms with Crippen LogP contribution in [0.1, 0.15) is 38.7 Å². The molecule has 4 atom stereocenters. The van der Waals surface area contributed by atoms with E-state index in [1.165, 1.54) is 0 Å². The van der Waals surface area contributed by atoms with Crippen molar-refractivity contribution >= 4 is 29.7 Å². The first-order valence-electron chi connectivity index (χ1n) is 11.2. The Bertz CT molecular complexity index is 878. The third-order valence-electron chi connectivity index (χ3n) is 5.05. The molecule has 0 aliphatic heterocycles. The molecule has 0 aliphatic rings. The Labute approximate surface area is 203 Å². The molecule has 0 fully saturated rings. The SMILES string of the molecule is CC(C)CC(NC(=O)C(CO)NC(=O)C(N)Cc1ccccc1)C(=O)NC(CCC(=O)O)C(=O)O. The van der Waals surface area contributed by atoms with E-state index < -0.39 is 66.9 Å². The molecule has 1 aromatic carbocycles. The number of carbonyl (C=O) groups is 5. The van der Waals surface area contributed by atoms with Crippen LogP contribution < -0.4 is 21.7 Å². The molecule has 0 heterocycles. The Hall–Kier alpha value is -3.51. The summed E-state index contributed by atoms with van der Waals surface area (Å²) in [6.07, 6.45) is -0.478. The minimum Gasteiger partial charge on any atom is -0.481 e. The second-order valence-corrected chi connectivity index (χ2v) is 8.56. The summed E-state index contributed by atoms with van der Waals surface area (Å²) in [5.41, 5.74) is 6.72. The van der Waals surface area contributed by atoms with Crippen molar-refractivity contribution in [3.05, 3.63) is 35.9 Å². The van der Waals surface area contributed by atoms with Gasteiger partial charge in [-0.1, -0.05) is 44.2 Å². The molecule has 12 heteroatoms. The number of aliphatic hydroxyl groups excluding tert-OH is 1. The van der Waals surface area contributed by atoms with Gasteiger partial charge in [0.05, 0.1) is 12.6 Å². The Morgan fingerprint density at radius 2 is 1.40 bits per heavy atom. The second kappa shape index (κ2) is 14.7. The van der Waals surface area contributed by atoms with E-state index in [1.807, 2.05) is 6.07 Å². The summed E-state index contributed by atoms with van der Waals surface area (Å²) in [6.45, 7) is 2.79. The molecular formula is C23H34N4O8. The van der Waals surface area contributed by atoms with E-state index in [0.717, 1.165) is 5.56 Å². The van der Waals surface area contributed by atoms with E-state index in [4.69, 9.17) is 10.8 Å². The lowest BCUT2D eigenvalue weighted by molar-refractivity contribution is -0.143. The zero-order chi connectivity index (χ0) is 26.5. The lowest BCUT2D eigenvalue weighted by atomic mass is 10.0. The molecule has 35 heavy (non-hydrogen) atoms. The fourth-order valence-corrected chi connectivity index (χ4v) is 3.21. The molecule has 0 radical (unpaired) electrons. The van der Waals surface area contributed by atoms with Crippen LogP contribution in [0.5, 0.6) is 0 Å². The third kappa shape index (κ3) is 11.0. The highest BCUT2D eigenvalue weighted by molar-refractivity contribution is 5.94. The molecule has 4 unspecified atom stereocenters. The molecular weight excluding hydrogens is 460 g/mol. The van der Waals surface area contributed by atoms with Crippen LogP contribution >= 0.6 is 0 Å². The predicted octanol–water partition coefficient (Wildman–Crippen LogP) is -1.00. The van der Waals surface area contributed by atoms with E-state index in [0.29, 0.717) is 0 Å². The van der Waals surface area contributed by atoms with Gasteiger partial charge in [-0.2, -0.15) is 0 Å². The maximum Gasteiger partial charge on any atom is 0.326 e. The monoisotopic (exact) mass is 494 g/mol. The molecule has 0 aliphatic carbocycles. The smallest absolute Gasteiger partial charge is 0.326 e. The average molecular weight is 495 g/mol. The van der Waals surface area contributed by atoms with Gasteiger partial charge in [-0.15, -0.1) is 0 Å². The number of carbonyl (C=O) groups excluding carboxylic acids is 3. The fraction of sp³-hybridized carbons (Fsp3) is 0.522. The van der Waals surface area contributed by atoms with Gasteiger partial charge in [0, 0.05) is 6.42 Å². The number of amides is 3. The first-order chi connectivity index (χ1) is 16.4. The molecule has 1 aromatic rings. The van der Waals surface area contributed by atoms with Crippen LogP contribution in [-0.4, -0.2) is 75.8 Å². The number of nitrogens with two attached hydrogens (primary N) is 1. The van der Waals surface area contributed by atoms with Gasteiger partial charge < -0.3 is 37.0 Å². The Morgan fingerprint density at radius 1 is 0.857 bits per heavy atom. The van der Waals surface area contributed by atoms with Crippen molar-refractivity contribution in [3.63, 3.8) is 0 Å². The standard InChI is InChI=1S/C23H34N4O8/c1-13(2)10-17(21(32)25-16(23(34)35)8-9-19(29)30)26-22(33)18(12-28)27-20(31)15(24)11-14-6-4-3-5-7-14/h3-7,13,15-18,28H,8-12,24H2,1-2H3,(H,25,32)(H,26,33)(H,27,31)(H,29,30)(H,34,35). The van der Waals surface area contributed by atoms with Crippen molar-refractivity contribution in [2.75, 3.05) is 6.61 Å². The van der Waals surface area contributed by atoms with Gasteiger partial charge in [0.15, 0.2) is 0 Å². The van der Waals surface area contributed by atoms with E-state index >= 15 is 0 Å². The minimum atomic E-state index is -1.46. The minimum absolute atomic E-state index is 0.0881. The predicted molar refractivity (Wildman–Crippen MR) is 125 cm³/mol. The summed E-state index contributed by atoms with van der Waals surface area (Å²) in [5, 5.41) is 34.7. The molecule has 0 aromatic heterocycles. The molecule has 8 N–H and O–H groups in total. The molecule has 0 saturated carbocycles. The van der Waals surface area contributed by atoms with E-state index in [9.17, 15) is 34.2 Å². The lowest BCUT2D eigenvalue weighted by Crippen LogP contribution is -2.58. The average Bonchev–Trinajstić information content (AvgIpc) is 2.79. The van der Waals surface area contributed by atoms with Gasteiger partial charge in [-0.05, 0) is 30.7 Å². The van der Waals surface area contributed by atoms with Crippen LogP contribution in [0, 0.1) is 5.92 Å². The molecule has 3 amide bonds. The number of aliphatic hydroxyl groups is 1. The van der Waals surface area contributed by atoms with Crippen molar-refractivity contribution in [3.8, 4) is 0 Å². The second-order valence-electron chi connectivity index (χ2n) is 8.56. The Kier molecular flexibility index (Phi) is 12.4. The van der Waals surface area contributed by atoms with E-state index in [2.05, 4.69) is 16.0 Å². The van der Waals surface area contributed by atoms with Crippen molar-refractivity contribution in [2.24, 2.45) is 11.7 Å². The summed E-state index contributed by atoms with van der Waals surface area (Å²) in [7, 11) is 0. The van der Waals surface area contributed by atoms with Crippen LogP contribution in [0.3, 0.4) is 0 Å². The van der Waals surface area contributed by atoms with Crippen molar-refractivity contribution < 1.29 is 39.3 Å². The maximum atomic E-state index is 12.7. The summed E-state index contributed by atoms with van der Waals surface area (Å²) in [4.78, 5) is 60.0. The zero-order valence-electron chi connectivity index (χ0n) is 19.8. The van der Waals surface area contributed by atoms with Crippen LogP contribution in [-0.2, 0) is 30.4 Å². The van der Waals surface area contributed by atoms with Gasteiger partial charge in [-0.25, -0.2) is 4.79 Å². The number of rotatable bonds is 15. The van der Waals surface area contributed by atoms with E-state index in [-0.39, 0.29) is 25.2 Å². The van der Waals surface area contributed by atoms with Crippen molar-refractivity contribution in [1.29, 1.82) is 0 Å². The number of carboxylic acid groups (broad SMARTS) is 2. The van der Waals surface area contributed by atoms with Crippen molar-refractivity contribution in [2.45, 2.75) is 63.7 Å². The summed E-state index contributed by atoms with van der Waals surface area (Å²) >= 11 is 0. The first kappa shape index (κ1) is 29.5. The highest BCUT2D eigenvalue weighted by Gasteiger charge is 2.30. The van der Waals surface area contributed by atoms with Crippen molar-refractivity contribution in [1.82, 2.24) is 16.0 Å². The molecule has 194 valence electrons. The van der Waals surface area contributed by atoms with Gasteiger partial charge in [0.2, 0.25) is 17.7 Å². The van der Waals surface area contributed by atoms with Gasteiger partial charge in [-0.3, -0.25) is 19.2 Å². The first-order valence-corrected chi connectivity index (χ1v) is 11.2. The highest BCUT2D eigenvalue weighted by Crippen LogP contribution is 2.08. The molecule has 0 spiro atoms. The zero-order valence-corrected chi connectivity index (χ0v) is 19.8. The van der Waals surface area contributed by atoms with Gasteiger partial charge >= 0.3 is 11.9 Å². The number of nitrogens with one attached hydrogen (secondary N) is 3. The van der Waals surface area contributed by atoms with Crippen LogP contribution in [0.25, 0.3) is 0 Å². The van der Waals surface area contributed by atoms with E-state index in [1.54, 1.807) is 38.1 Å². The third-order valence-corrected chi connectivity index (χ3v) is 5.05. The fourth-order valence-electron chi connectivity index (χ4n) is 3.21. The van der Waals surface area contributed by atoms with Crippen LogP contribution in [0.15, 0.2) is 30.3 Å². The van der Waals surface area contributed by atoms with Crippen LogP contribution in [0.2, 0.25) is 0 Å². The Balaban J connectivity index is 2.83. The summed E-state index contributed by atoms with van der Waals surface area (Å²) < 4.78 is 0. The number of benzene rings is 1. The molecule has 1 rings (SSSR count). The molecule has 0 saturated heterocycles. The number of carboxylic acids is 2. The largest absolute Gasteiger partial charge is 0.481 e. The molecule has 12 nitrogen and oxygen atoms in total. The lowest BCUT2D eigenvalue weighted by Gasteiger charge is -2.25. The summed E-state index contributed by atoms with van der Waals surface area (Å²) in [5.74, 6) is -5.08. The maximum absolute atomic E-state index is 12.7. The normalized spacial score (nSPS) is 14.3. The molecule has 0 bridgehead atoms. The van der Waals surface area contributed by atoms with Crippen LogP contribution in [0.4, 0.5) is 0 Å². The Morgan fingerprint density at radius 3 is 1.91 bits per heavy atom. The highest BCUT2D eigenvalue weighted by atomic mass is 16.4. The summed E-state index contributed by atoms with van der Waals surface area (Å²) in [6, 6.07) is 3.95. The number of aliphatic carboxylic acids is 2.